The summed E-state index contributed by atoms with van der Waals surface area (Å²) in [5.41, 5.74) is 4.44. The SMILES string of the molecule is Cc1cccc(Cn2c(C(=O)NC[C@]3(C)CCCO3)cc3cc(NC(=O)c4ccccc4Cl)ccc32)c1. The highest BCUT2D eigenvalue weighted by atomic mass is 35.5. The van der Waals surface area contributed by atoms with Gasteiger partial charge < -0.3 is 19.9 Å². The summed E-state index contributed by atoms with van der Waals surface area (Å²) in [5, 5.41) is 7.26. The van der Waals surface area contributed by atoms with Gasteiger partial charge in [0.1, 0.15) is 5.69 Å². The summed E-state index contributed by atoms with van der Waals surface area (Å²) in [5.74, 6) is -0.436. The number of carbonyl (C=O) groups is 2. The minimum atomic E-state index is -0.334. The average Bonchev–Trinajstić information content (AvgIpc) is 3.47. The normalized spacial score (nSPS) is 17.2. The highest BCUT2D eigenvalue weighted by Crippen LogP contribution is 2.27. The Hall–Kier alpha value is -3.61. The van der Waals surface area contributed by atoms with E-state index in [4.69, 9.17) is 16.3 Å². The number of fused-ring (bicyclic) bond motifs is 1. The largest absolute Gasteiger partial charge is 0.373 e. The predicted molar refractivity (Wildman–Crippen MR) is 148 cm³/mol. The lowest BCUT2D eigenvalue weighted by molar-refractivity contribution is 0.0205. The Balaban J connectivity index is 1.46. The first-order valence-electron chi connectivity index (χ1n) is 12.5. The van der Waals surface area contributed by atoms with E-state index in [1.165, 1.54) is 0 Å². The molecule has 0 radical (unpaired) electrons. The molecule has 4 aromatic rings. The van der Waals surface area contributed by atoms with Crippen LogP contribution in [-0.4, -0.2) is 35.1 Å². The van der Waals surface area contributed by atoms with Crippen molar-refractivity contribution in [3.05, 3.63) is 100 Å². The number of rotatable bonds is 7. The Kier molecular flexibility index (Phi) is 7.04. The number of anilines is 1. The van der Waals surface area contributed by atoms with Gasteiger partial charge in [-0.25, -0.2) is 0 Å². The van der Waals surface area contributed by atoms with Crippen LogP contribution in [0.2, 0.25) is 5.02 Å². The van der Waals surface area contributed by atoms with Crippen LogP contribution in [0.1, 0.15) is 51.7 Å². The van der Waals surface area contributed by atoms with E-state index in [9.17, 15) is 9.59 Å². The monoisotopic (exact) mass is 515 g/mol. The van der Waals surface area contributed by atoms with Gasteiger partial charge in [0.2, 0.25) is 0 Å². The van der Waals surface area contributed by atoms with E-state index in [1.54, 1.807) is 24.3 Å². The van der Waals surface area contributed by atoms with Gasteiger partial charge in [0, 0.05) is 36.3 Å². The lowest BCUT2D eigenvalue weighted by Gasteiger charge is -2.23. The molecule has 0 aliphatic carbocycles. The van der Waals surface area contributed by atoms with E-state index in [1.807, 2.05) is 41.8 Å². The second kappa shape index (κ2) is 10.4. The minimum Gasteiger partial charge on any atom is -0.373 e. The zero-order chi connectivity index (χ0) is 26.0. The molecule has 190 valence electrons. The topological polar surface area (TPSA) is 72.4 Å². The molecule has 7 heteroatoms. The number of halogens is 1. The van der Waals surface area contributed by atoms with Crippen LogP contribution in [0, 0.1) is 6.92 Å². The van der Waals surface area contributed by atoms with Crippen LogP contribution in [0.3, 0.4) is 0 Å². The fourth-order valence-corrected chi connectivity index (χ4v) is 5.10. The van der Waals surface area contributed by atoms with Crippen molar-refractivity contribution >= 4 is 40.0 Å². The van der Waals surface area contributed by atoms with E-state index in [0.717, 1.165) is 41.5 Å². The summed E-state index contributed by atoms with van der Waals surface area (Å²) >= 11 is 6.20. The molecule has 1 fully saturated rings. The van der Waals surface area contributed by atoms with Gasteiger partial charge in [-0.1, -0.05) is 53.6 Å². The van der Waals surface area contributed by atoms with E-state index in [2.05, 4.69) is 35.8 Å². The quantitative estimate of drug-likeness (QED) is 0.307. The van der Waals surface area contributed by atoms with Crippen molar-refractivity contribution in [2.45, 2.75) is 38.8 Å². The Morgan fingerprint density at radius 3 is 2.62 bits per heavy atom. The molecule has 5 rings (SSSR count). The van der Waals surface area contributed by atoms with Crippen molar-refractivity contribution < 1.29 is 14.3 Å². The fraction of sp³-hybridized carbons (Fsp3) is 0.267. The summed E-state index contributed by atoms with van der Waals surface area (Å²) in [7, 11) is 0. The van der Waals surface area contributed by atoms with E-state index >= 15 is 0 Å². The molecule has 2 heterocycles. The van der Waals surface area contributed by atoms with Crippen LogP contribution in [-0.2, 0) is 11.3 Å². The first-order valence-corrected chi connectivity index (χ1v) is 12.9. The smallest absolute Gasteiger partial charge is 0.268 e. The van der Waals surface area contributed by atoms with E-state index in [0.29, 0.717) is 35.1 Å². The number of nitrogens with one attached hydrogen (secondary N) is 2. The standard InChI is InChI=1S/C30H30ClN3O3/c1-20-7-5-8-21(15-20)18-34-26-12-11-23(33-28(35)24-9-3-4-10-25(24)31)16-22(26)17-27(34)29(36)32-19-30(2)13-6-14-37-30/h3-5,7-12,15-17H,6,13-14,18-19H2,1-2H3,(H,32,36)(H,33,35)/t30-/m0/s1. The third-order valence-electron chi connectivity index (χ3n) is 6.86. The van der Waals surface area contributed by atoms with E-state index < -0.39 is 0 Å². The predicted octanol–water partition coefficient (Wildman–Crippen LogP) is 6.20. The molecule has 3 aromatic carbocycles. The lowest BCUT2D eigenvalue weighted by atomic mass is 10.0. The van der Waals surface area contributed by atoms with Crippen molar-refractivity contribution in [3.8, 4) is 0 Å². The molecular weight excluding hydrogens is 486 g/mol. The molecular formula is C30H30ClN3O3. The maximum Gasteiger partial charge on any atom is 0.268 e. The molecule has 2 N–H and O–H groups in total. The number of aromatic nitrogens is 1. The molecule has 0 spiro atoms. The van der Waals surface area contributed by atoms with Gasteiger partial charge in [-0.05, 0) is 68.7 Å². The minimum absolute atomic E-state index is 0.151. The highest BCUT2D eigenvalue weighted by molar-refractivity contribution is 6.34. The zero-order valence-corrected chi connectivity index (χ0v) is 21.8. The molecule has 37 heavy (non-hydrogen) atoms. The summed E-state index contributed by atoms with van der Waals surface area (Å²) in [6.45, 7) is 5.82. The fourth-order valence-electron chi connectivity index (χ4n) is 4.88. The second-order valence-corrected chi connectivity index (χ2v) is 10.3. The molecule has 0 saturated carbocycles. The van der Waals surface area contributed by atoms with Gasteiger partial charge in [0.25, 0.3) is 11.8 Å². The Labute approximate surface area is 221 Å². The van der Waals surface area contributed by atoms with Gasteiger partial charge in [-0.3, -0.25) is 9.59 Å². The molecule has 1 aromatic heterocycles. The van der Waals surface area contributed by atoms with Gasteiger partial charge >= 0.3 is 0 Å². The summed E-state index contributed by atoms with van der Waals surface area (Å²) in [6.07, 6.45) is 1.93. The third-order valence-corrected chi connectivity index (χ3v) is 7.19. The number of ether oxygens (including phenoxy) is 1. The van der Waals surface area contributed by atoms with Gasteiger partial charge in [-0.2, -0.15) is 0 Å². The van der Waals surface area contributed by atoms with Gasteiger partial charge in [0.05, 0.1) is 16.2 Å². The average molecular weight is 516 g/mol. The number of carbonyl (C=O) groups excluding carboxylic acids is 2. The van der Waals surface area contributed by atoms with Gasteiger partial charge in [0.15, 0.2) is 0 Å². The van der Waals surface area contributed by atoms with Crippen LogP contribution in [0.15, 0.2) is 72.8 Å². The molecule has 2 amide bonds. The van der Waals surface area contributed by atoms with Crippen molar-refractivity contribution in [1.29, 1.82) is 0 Å². The van der Waals surface area contributed by atoms with Crippen molar-refractivity contribution in [1.82, 2.24) is 9.88 Å². The van der Waals surface area contributed by atoms with Crippen LogP contribution in [0.5, 0.6) is 0 Å². The molecule has 0 unspecified atom stereocenters. The van der Waals surface area contributed by atoms with Crippen LogP contribution in [0.25, 0.3) is 10.9 Å². The van der Waals surface area contributed by atoms with Crippen LogP contribution < -0.4 is 10.6 Å². The van der Waals surface area contributed by atoms with Gasteiger partial charge in [-0.15, -0.1) is 0 Å². The van der Waals surface area contributed by atoms with E-state index in [-0.39, 0.29) is 17.4 Å². The Morgan fingerprint density at radius 1 is 1.03 bits per heavy atom. The Bertz CT molecular complexity index is 1470. The Morgan fingerprint density at radius 2 is 1.86 bits per heavy atom. The van der Waals surface area contributed by atoms with Crippen LogP contribution >= 0.6 is 11.6 Å². The number of benzene rings is 3. The summed E-state index contributed by atoms with van der Waals surface area (Å²) in [6, 6.07) is 22.7. The van der Waals surface area contributed by atoms with Crippen molar-refractivity contribution in [2.24, 2.45) is 0 Å². The molecule has 1 aliphatic rings. The number of amides is 2. The number of aryl methyl sites for hydroxylation is 1. The molecule has 1 aliphatic heterocycles. The second-order valence-electron chi connectivity index (χ2n) is 9.90. The van der Waals surface area contributed by atoms with Crippen LogP contribution in [0.4, 0.5) is 5.69 Å². The third kappa shape index (κ3) is 5.55. The number of nitrogens with zero attached hydrogens (tertiary/aromatic N) is 1. The van der Waals surface area contributed by atoms with Crippen molar-refractivity contribution in [3.63, 3.8) is 0 Å². The maximum atomic E-state index is 13.4. The molecule has 1 saturated heterocycles. The molecule has 6 nitrogen and oxygen atoms in total. The number of hydrogen-bond donors (Lipinski definition) is 2. The maximum absolute atomic E-state index is 13.4. The zero-order valence-electron chi connectivity index (χ0n) is 21.0. The first-order chi connectivity index (χ1) is 17.8. The highest BCUT2D eigenvalue weighted by Gasteiger charge is 2.30. The number of hydrogen-bond acceptors (Lipinski definition) is 3. The summed E-state index contributed by atoms with van der Waals surface area (Å²) < 4.78 is 7.88. The van der Waals surface area contributed by atoms with Crippen molar-refractivity contribution in [2.75, 3.05) is 18.5 Å². The lowest BCUT2D eigenvalue weighted by Crippen LogP contribution is -2.40. The molecule has 1 atom stereocenters. The molecule has 0 bridgehead atoms. The summed E-state index contributed by atoms with van der Waals surface area (Å²) in [4.78, 5) is 26.2. The first kappa shape index (κ1) is 25.1.